The smallest absolute Gasteiger partial charge is 0.326 e. The van der Waals surface area contributed by atoms with Crippen LogP contribution in [0.2, 0.25) is 0 Å². The lowest BCUT2D eigenvalue weighted by Gasteiger charge is -2.28. The summed E-state index contributed by atoms with van der Waals surface area (Å²) in [7, 11) is -3.99. The summed E-state index contributed by atoms with van der Waals surface area (Å²) in [4.78, 5) is 52.8. The molecule has 0 aromatic heterocycles. The summed E-state index contributed by atoms with van der Waals surface area (Å²) < 4.78 is 28.0. The summed E-state index contributed by atoms with van der Waals surface area (Å²) in [5.74, 6) is -2.20. The number of benzene rings is 2. The van der Waals surface area contributed by atoms with Crippen molar-refractivity contribution in [2.45, 2.75) is 68.3 Å². The van der Waals surface area contributed by atoms with Gasteiger partial charge < -0.3 is 16.2 Å². The fourth-order valence-corrected chi connectivity index (χ4v) is 7.96. The van der Waals surface area contributed by atoms with Crippen LogP contribution in [0.25, 0.3) is 0 Å². The number of hydrogen-bond donors (Lipinski definition) is 3. The number of nitrogens with two attached hydrogens (primary N) is 1. The molecule has 0 bridgehead atoms. The molecule has 1 unspecified atom stereocenters. The number of carboxylic acid groups (broad SMARTS) is 1. The molecule has 220 valence electrons. The molecule has 0 aliphatic carbocycles. The number of aliphatic imine (C=N–C) groups is 1. The van der Waals surface area contributed by atoms with Gasteiger partial charge in [0.1, 0.15) is 17.9 Å². The number of rotatable bonds is 13. The van der Waals surface area contributed by atoms with Crippen molar-refractivity contribution in [2.75, 3.05) is 5.75 Å². The number of carboxylic acids is 1. The summed E-state index contributed by atoms with van der Waals surface area (Å²) >= 11 is 1.34. The number of nitrogens with one attached hydrogen (secondary N) is 1. The third-order valence-corrected chi connectivity index (χ3v) is 9.92. The van der Waals surface area contributed by atoms with Crippen molar-refractivity contribution in [1.29, 1.82) is 0 Å². The van der Waals surface area contributed by atoms with Crippen LogP contribution in [0.1, 0.15) is 44.2 Å². The molecule has 0 spiro atoms. The van der Waals surface area contributed by atoms with Gasteiger partial charge in [-0.1, -0.05) is 49.4 Å². The maximum Gasteiger partial charge on any atom is 0.326 e. The van der Waals surface area contributed by atoms with Gasteiger partial charge >= 0.3 is 5.97 Å². The number of amides is 2. The maximum absolute atomic E-state index is 13.4. The Morgan fingerprint density at radius 2 is 1.71 bits per heavy atom. The van der Waals surface area contributed by atoms with Crippen LogP contribution >= 0.6 is 11.8 Å². The van der Waals surface area contributed by atoms with Gasteiger partial charge in [0, 0.05) is 31.4 Å². The van der Waals surface area contributed by atoms with Crippen molar-refractivity contribution in [3.63, 3.8) is 0 Å². The third kappa shape index (κ3) is 8.72. The van der Waals surface area contributed by atoms with E-state index in [-0.39, 0.29) is 48.0 Å². The second kappa shape index (κ2) is 14.4. The lowest BCUT2D eigenvalue weighted by Crippen LogP contribution is -2.53. The van der Waals surface area contributed by atoms with E-state index in [4.69, 9.17) is 5.73 Å². The molecule has 3 rings (SSSR count). The van der Waals surface area contributed by atoms with Crippen LogP contribution in [-0.2, 0) is 42.0 Å². The van der Waals surface area contributed by atoms with Gasteiger partial charge in [0.2, 0.25) is 21.8 Å². The highest BCUT2D eigenvalue weighted by Gasteiger charge is 2.46. The van der Waals surface area contributed by atoms with Crippen LogP contribution in [0.15, 0.2) is 64.5 Å². The van der Waals surface area contributed by atoms with Crippen molar-refractivity contribution < 1.29 is 32.7 Å². The highest BCUT2D eigenvalue weighted by atomic mass is 32.2. The molecule has 2 amide bonds. The Labute approximate surface area is 243 Å². The molecule has 1 aliphatic heterocycles. The zero-order valence-electron chi connectivity index (χ0n) is 22.9. The highest BCUT2D eigenvalue weighted by Crippen LogP contribution is 2.36. The first-order valence-electron chi connectivity index (χ1n) is 13.1. The van der Waals surface area contributed by atoms with E-state index in [1.54, 1.807) is 42.5 Å². The fraction of sp³-hybridized carbons (Fsp3) is 0.393. The average molecular weight is 603 g/mol. The Morgan fingerprint density at radius 1 is 1.07 bits per heavy atom. The van der Waals surface area contributed by atoms with Crippen LogP contribution in [0, 0.1) is 0 Å². The number of hydrogen-bond acceptors (Lipinski definition) is 7. The van der Waals surface area contributed by atoms with Crippen molar-refractivity contribution in [2.24, 2.45) is 10.7 Å². The molecule has 4 N–H and O–H groups in total. The molecule has 13 heteroatoms. The van der Waals surface area contributed by atoms with Gasteiger partial charge in [0.05, 0.1) is 16.1 Å². The van der Waals surface area contributed by atoms with Gasteiger partial charge in [-0.05, 0) is 36.6 Å². The molecule has 2 aromatic carbocycles. The van der Waals surface area contributed by atoms with Gasteiger partial charge in [-0.2, -0.15) is 4.31 Å². The second-order valence-electron chi connectivity index (χ2n) is 9.64. The predicted octanol–water partition coefficient (Wildman–Crippen LogP) is 2.14. The van der Waals surface area contributed by atoms with Gasteiger partial charge in [0.15, 0.2) is 0 Å². The molecule has 3 atom stereocenters. The van der Waals surface area contributed by atoms with Crippen molar-refractivity contribution in [1.82, 2.24) is 9.62 Å². The quantitative estimate of drug-likeness (QED) is 0.229. The number of Topliss-reactive ketones (excluding diaryl/α,β-unsaturated/α-hetero) is 1. The van der Waals surface area contributed by atoms with Gasteiger partial charge in [-0.15, -0.1) is 11.8 Å². The van der Waals surface area contributed by atoms with Crippen LogP contribution in [0.3, 0.4) is 0 Å². The van der Waals surface area contributed by atoms with E-state index >= 15 is 0 Å². The molecular formula is C28H34N4O7S2. The van der Waals surface area contributed by atoms with Gasteiger partial charge in [0.25, 0.3) is 0 Å². The Bertz CT molecular complexity index is 1390. The Hall–Kier alpha value is -3.55. The molecular weight excluding hydrogens is 568 g/mol. The van der Waals surface area contributed by atoms with Gasteiger partial charge in [-0.25, -0.2) is 18.2 Å². The minimum absolute atomic E-state index is 0.0276. The van der Waals surface area contributed by atoms with Gasteiger partial charge in [-0.3, -0.25) is 14.4 Å². The predicted molar refractivity (Wildman–Crippen MR) is 156 cm³/mol. The molecule has 0 radical (unpaired) electrons. The maximum atomic E-state index is 13.4. The zero-order valence-corrected chi connectivity index (χ0v) is 24.5. The number of aliphatic carboxylic acids is 1. The van der Waals surface area contributed by atoms with Crippen molar-refractivity contribution >= 4 is 51.2 Å². The highest BCUT2D eigenvalue weighted by molar-refractivity contribution is 8.01. The first kappa shape index (κ1) is 32.0. The van der Waals surface area contributed by atoms with E-state index in [2.05, 4.69) is 10.3 Å². The van der Waals surface area contributed by atoms with E-state index in [1.165, 1.54) is 35.1 Å². The van der Waals surface area contributed by atoms with Crippen molar-refractivity contribution in [3.05, 3.63) is 65.7 Å². The molecule has 11 nitrogen and oxygen atoms in total. The minimum Gasteiger partial charge on any atom is -0.480 e. The third-order valence-electron chi connectivity index (χ3n) is 6.41. The number of nitrogens with zero attached hydrogens (tertiary/aromatic N) is 2. The zero-order chi connectivity index (χ0) is 30.2. The summed E-state index contributed by atoms with van der Waals surface area (Å²) in [6.07, 6.45) is 0.535. The summed E-state index contributed by atoms with van der Waals surface area (Å²) in [5, 5.41) is 11.9. The second-order valence-corrected chi connectivity index (χ2v) is 12.7. The first-order chi connectivity index (χ1) is 19.4. The van der Waals surface area contributed by atoms with Crippen LogP contribution in [0.5, 0.6) is 0 Å². The molecule has 1 saturated heterocycles. The van der Waals surface area contributed by atoms with E-state index in [0.29, 0.717) is 17.5 Å². The number of carbonyl (C=O) groups excluding carboxylic acids is 3. The Morgan fingerprint density at radius 3 is 2.29 bits per heavy atom. The normalized spacial score (nSPS) is 18.5. The Balaban J connectivity index is 1.65. The molecule has 2 aromatic rings. The SMILES string of the molecule is CCC1SC[C@@H](C(=O)N[C@@H](Cc2ccc(CC(=O)CCC(=O)N=C(C)N)cc2)C(=O)O)N1S(=O)(=O)c1ccccc1. The number of amidine groups is 1. The number of ketones is 1. The topological polar surface area (TPSA) is 176 Å². The van der Waals surface area contributed by atoms with E-state index in [0.717, 1.165) is 0 Å². The lowest BCUT2D eigenvalue weighted by molar-refractivity contribution is -0.142. The number of carbonyl (C=O) groups is 4. The molecule has 41 heavy (non-hydrogen) atoms. The molecule has 1 aliphatic rings. The average Bonchev–Trinajstić information content (AvgIpc) is 3.38. The number of thioether (sulfide) groups is 1. The number of sulfonamides is 1. The first-order valence-corrected chi connectivity index (χ1v) is 15.6. The largest absolute Gasteiger partial charge is 0.480 e. The van der Waals surface area contributed by atoms with E-state index in [1.807, 2.05) is 6.92 Å². The summed E-state index contributed by atoms with van der Waals surface area (Å²) in [6, 6.07) is 12.2. The molecule has 1 heterocycles. The van der Waals surface area contributed by atoms with Crippen LogP contribution in [0.4, 0.5) is 0 Å². The van der Waals surface area contributed by atoms with E-state index < -0.39 is 45.3 Å². The standard InChI is InChI=1S/C28H34N4O7S2/c1-3-26-32(41(38,39)22-7-5-4-6-8-22)24(17-40-26)27(35)31-23(28(36)37)16-20-11-9-19(10-12-20)15-21(33)13-14-25(34)30-18(2)29/h4-12,23-24,26H,3,13-17H2,1-2H3,(H,31,35)(H,36,37)(H2,29,30,34)/t23-,24-,26?/m0/s1. The Kier molecular flexibility index (Phi) is 11.2. The summed E-state index contributed by atoms with van der Waals surface area (Å²) in [5.41, 5.74) is 6.66. The lowest BCUT2D eigenvalue weighted by atomic mass is 10.0. The van der Waals surface area contributed by atoms with E-state index in [9.17, 15) is 32.7 Å². The van der Waals surface area contributed by atoms with Crippen molar-refractivity contribution in [3.8, 4) is 0 Å². The molecule has 1 fully saturated rings. The van der Waals surface area contributed by atoms with Crippen LogP contribution < -0.4 is 11.1 Å². The monoisotopic (exact) mass is 602 g/mol. The van der Waals surface area contributed by atoms with Crippen LogP contribution in [-0.4, -0.2) is 70.4 Å². The minimum atomic E-state index is -3.99. The fourth-order valence-electron chi connectivity index (χ4n) is 4.39. The summed E-state index contributed by atoms with van der Waals surface area (Å²) in [6.45, 7) is 3.32. The molecule has 0 saturated carbocycles.